The molecule has 0 bridgehead atoms. The smallest absolute Gasteiger partial charge is 0.126 e. The summed E-state index contributed by atoms with van der Waals surface area (Å²) in [6.07, 6.45) is 1.27. The predicted octanol–water partition coefficient (Wildman–Crippen LogP) is 2.69. The number of benzene rings is 2. The van der Waals surface area contributed by atoms with Crippen LogP contribution in [0.3, 0.4) is 0 Å². The monoisotopic (exact) mass is 384 g/mol. The topological polar surface area (TPSA) is 71.5 Å². The van der Waals surface area contributed by atoms with Crippen molar-refractivity contribution in [1.29, 1.82) is 0 Å². The molecule has 1 aliphatic heterocycles. The average Bonchev–Trinajstić information content (AvgIpc) is 3.39. The highest BCUT2D eigenvalue weighted by Gasteiger charge is 2.78. The summed E-state index contributed by atoms with van der Waals surface area (Å²) < 4.78 is 18.4. The largest absolute Gasteiger partial charge is 0.396 e. The SMILES string of the molecule is OCC(CO)CCC12OC1[C@@H](OCc1ccccc1)C2OCc1ccccc1. The zero-order chi connectivity index (χ0) is 19.4. The van der Waals surface area contributed by atoms with Gasteiger partial charge >= 0.3 is 0 Å². The molecule has 5 heteroatoms. The molecule has 0 amide bonds. The van der Waals surface area contributed by atoms with E-state index in [2.05, 4.69) is 0 Å². The quantitative estimate of drug-likeness (QED) is 0.583. The van der Waals surface area contributed by atoms with Crippen LogP contribution in [0.15, 0.2) is 60.7 Å². The van der Waals surface area contributed by atoms with Crippen LogP contribution in [0.4, 0.5) is 0 Å². The first-order chi connectivity index (χ1) is 13.8. The van der Waals surface area contributed by atoms with Crippen molar-refractivity contribution in [1.82, 2.24) is 0 Å². The Balaban J connectivity index is 1.38. The van der Waals surface area contributed by atoms with Gasteiger partial charge in [-0.15, -0.1) is 0 Å². The molecule has 0 radical (unpaired) electrons. The summed E-state index contributed by atoms with van der Waals surface area (Å²) in [5.41, 5.74) is 1.91. The Morgan fingerprint density at radius 3 is 2.00 bits per heavy atom. The number of ether oxygens (including phenoxy) is 3. The summed E-state index contributed by atoms with van der Waals surface area (Å²) in [6.45, 7) is 1.02. The minimum Gasteiger partial charge on any atom is -0.396 e. The van der Waals surface area contributed by atoms with E-state index >= 15 is 0 Å². The van der Waals surface area contributed by atoms with Crippen LogP contribution in [0, 0.1) is 5.92 Å². The third kappa shape index (κ3) is 4.00. The van der Waals surface area contributed by atoms with Gasteiger partial charge in [0.15, 0.2) is 0 Å². The van der Waals surface area contributed by atoms with Gasteiger partial charge in [-0.25, -0.2) is 0 Å². The lowest BCUT2D eigenvalue weighted by Gasteiger charge is -2.39. The van der Waals surface area contributed by atoms with Crippen LogP contribution in [0.1, 0.15) is 24.0 Å². The Hall–Kier alpha value is -1.76. The normalized spacial score (nSPS) is 28.0. The van der Waals surface area contributed by atoms with Gasteiger partial charge in [0.1, 0.15) is 23.9 Å². The molecule has 4 rings (SSSR count). The van der Waals surface area contributed by atoms with E-state index in [-0.39, 0.29) is 43.0 Å². The van der Waals surface area contributed by atoms with Crippen LogP contribution >= 0.6 is 0 Å². The number of aliphatic hydroxyl groups excluding tert-OH is 2. The summed E-state index contributed by atoms with van der Waals surface area (Å²) in [6, 6.07) is 20.2. The third-order valence-electron chi connectivity index (χ3n) is 5.87. The molecule has 1 saturated heterocycles. The van der Waals surface area contributed by atoms with Crippen molar-refractivity contribution in [3.8, 4) is 0 Å². The Morgan fingerprint density at radius 1 is 0.857 bits per heavy atom. The van der Waals surface area contributed by atoms with Crippen LogP contribution in [-0.4, -0.2) is 47.3 Å². The third-order valence-corrected chi connectivity index (χ3v) is 5.87. The number of epoxide rings is 1. The highest BCUT2D eigenvalue weighted by molar-refractivity contribution is 5.26. The van der Waals surface area contributed by atoms with Crippen LogP contribution in [0.5, 0.6) is 0 Å². The van der Waals surface area contributed by atoms with Crippen molar-refractivity contribution in [3.63, 3.8) is 0 Å². The summed E-state index contributed by atoms with van der Waals surface area (Å²) >= 11 is 0. The minimum absolute atomic E-state index is 0.0132. The Morgan fingerprint density at radius 2 is 1.43 bits per heavy atom. The molecule has 2 aliphatic rings. The van der Waals surface area contributed by atoms with E-state index in [1.165, 1.54) is 0 Å². The second kappa shape index (κ2) is 8.72. The molecule has 3 unspecified atom stereocenters. The lowest BCUT2D eigenvalue weighted by Crippen LogP contribution is -2.58. The maximum Gasteiger partial charge on any atom is 0.126 e. The molecular formula is C23H28O5. The summed E-state index contributed by atoms with van der Waals surface area (Å²) in [7, 11) is 0. The van der Waals surface area contributed by atoms with Crippen LogP contribution < -0.4 is 0 Å². The van der Waals surface area contributed by atoms with E-state index in [9.17, 15) is 10.2 Å². The summed E-state index contributed by atoms with van der Waals surface area (Å²) in [5.74, 6) is -0.113. The van der Waals surface area contributed by atoms with E-state index in [1.807, 2.05) is 60.7 Å². The average molecular weight is 384 g/mol. The number of hydrogen-bond acceptors (Lipinski definition) is 5. The molecule has 2 N–H and O–H groups in total. The van der Waals surface area contributed by atoms with E-state index in [1.54, 1.807) is 0 Å². The Labute approximate surface area is 165 Å². The molecule has 2 fully saturated rings. The Kier molecular flexibility index (Phi) is 6.09. The maximum atomic E-state index is 9.35. The number of aliphatic hydroxyl groups is 2. The first-order valence-electron chi connectivity index (χ1n) is 9.97. The highest BCUT2D eigenvalue weighted by Crippen LogP contribution is 2.59. The highest BCUT2D eigenvalue weighted by atomic mass is 16.7. The first-order valence-corrected chi connectivity index (χ1v) is 9.97. The van der Waals surface area contributed by atoms with Gasteiger partial charge in [-0.2, -0.15) is 0 Å². The van der Waals surface area contributed by atoms with E-state index in [0.29, 0.717) is 19.6 Å². The zero-order valence-electron chi connectivity index (χ0n) is 15.9. The lowest BCUT2D eigenvalue weighted by atomic mass is 9.74. The number of fused-ring (bicyclic) bond motifs is 1. The molecule has 1 heterocycles. The van der Waals surface area contributed by atoms with Gasteiger partial charge in [-0.1, -0.05) is 60.7 Å². The van der Waals surface area contributed by atoms with Gasteiger partial charge < -0.3 is 24.4 Å². The van der Waals surface area contributed by atoms with Crippen molar-refractivity contribution in [2.24, 2.45) is 5.92 Å². The van der Waals surface area contributed by atoms with Gasteiger partial charge in [0.25, 0.3) is 0 Å². The molecule has 1 aliphatic carbocycles. The second-order valence-corrected chi connectivity index (χ2v) is 7.74. The van der Waals surface area contributed by atoms with Gasteiger partial charge in [0, 0.05) is 19.1 Å². The van der Waals surface area contributed by atoms with Gasteiger partial charge in [-0.05, 0) is 24.0 Å². The zero-order valence-corrected chi connectivity index (χ0v) is 15.9. The standard InChI is InChI=1S/C23H28O5/c24-13-19(14-25)11-12-23-21(27-16-18-9-5-2-6-10-18)20(22(23)28-23)26-15-17-7-3-1-4-8-17/h1-10,19-22,24-25H,11-16H2/t20-,21?,22?,23?/m0/s1. The van der Waals surface area contributed by atoms with Crippen molar-refractivity contribution >= 4 is 0 Å². The fraction of sp³-hybridized carbons (Fsp3) is 0.478. The van der Waals surface area contributed by atoms with Crippen LogP contribution in [-0.2, 0) is 27.4 Å². The summed E-state index contributed by atoms with van der Waals surface area (Å²) in [5, 5.41) is 18.7. The molecule has 0 aromatic heterocycles. The summed E-state index contributed by atoms with van der Waals surface area (Å²) in [4.78, 5) is 0. The van der Waals surface area contributed by atoms with E-state index in [0.717, 1.165) is 17.5 Å². The van der Waals surface area contributed by atoms with Crippen molar-refractivity contribution < 1.29 is 24.4 Å². The first kappa shape index (κ1) is 19.6. The van der Waals surface area contributed by atoms with E-state index < -0.39 is 0 Å². The van der Waals surface area contributed by atoms with Gasteiger partial charge in [0.05, 0.1) is 13.2 Å². The molecule has 28 heavy (non-hydrogen) atoms. The van der Waals surface area contributed by atoms with Gasteiger partial charge in [0.2, 0.25) is 0 Å². The molecule has 1 saturated carbocycles. The fourth-order valence-electron chi connectivity index (χ4n) is 4.05. The van der Waals surface area contributed by atoms with Crippen molar-refractivity contribution in [2.45, 2.75) is 50.0 Å². The van der Waals surface area contributed by atoms with Crippen LogP contribution in [0.2, 0.25) is 0 Å². The second-order valence-electron chi connectivity index (χ2n) is 7.74. The predicted molar refractivity (Wildman–Crippen MR) is 105 cm³/mol. The van der Waals surface area contributed by atoms with Crippen molar-refractivity contribution in [3.05, 3.63) is 71.8 Å². The minimum atomic E-state index is -0.335. The van der Waals surface area contributed by atoms with Crippen molar-refractivity contribution in [2.75, 3.05) is 13.2 Å². The van der Waals surface area contributed by atoms with E-state index in [4.69, 9.17) is 14.2 Å². The fourth-order valence-corrected chi connectivity index (χ4v) is 4.05. The molecular weight excluding hydrogens is 356 g/mol. The molecule has 150 valence electrons. The maximum absolute atomic E-state index is 9.35. The molecule has 2 aromatic carbocycles. The van der Waals surface area contributed by atoms with Crippen LogP contribution in [0.25, 0.3) is 0 Å². The molecule has 2 aromatic rings. The molecule has 5 nitrogen and oxygen atoms in total. The Bertz CT molecular complexity index is 733. The number of rotatable bonds is 11. The lowest BCUT2D eigenvalue weighted by molar-refractivity contribution is -0.143. The molecule has 4 atom stereocenters. The molecule has 0 spiro atoms. The van der Waals surface area contributed by atoms with Gasteiger partial charge in [-0.3, -0.25) is 0 Å². The number of hydrogen-bond donors (Lipinski definition) is 2.